The van der Waals surface area contributed by atoms with Gasteiger partial charge in [0.1, 0.15) is 0 Å². The zero-order chi connectivity index (χ0) is 37.7. The van der Waals surface area contributed by atoms with E-state index >= 15 is 0 Å². The molecule has 7 nitrogen and oxygen atoms in total. The number of benzene rings is 1. The molecule has 0 bridgehead atoms. The Kier molecular flexibility index (Phi) is 10.9. The highest BCUT2D eigenvalue weighted by molar-refractivity contribution is 5.95. The Bertz CT molecular complexity index is 1540. The van der Waals surface area contributed by atoms with E-state index in [9.17, 15) is 19.5 Å². The first-order valence-corrected chi connectivity index (χ1v) is 20.7. The number of unbranched alkanes of at least 4 members (excludes halogenated alkanes) is 3. The van der Waals surface area contributed by atoms with Crippen LogP contribution in [0, 0.1) is 56.7 Å². The van der Waals surface area contributed by atoms with Crippen LogP contribution in [-0.4, -0.2) is 40.6 Å². The number of carbonyl (C=O) groups excluding carboxylic acids is 2. The van der Waals surface area contributed by atoms with E-state index in [0.717, 1.165) is 69.8 Å². The number of hydrogen-bond acceptors (Lipinski definition) is 4. The van der Waals surface area contributed by atoms with Crippen LogP contribution in [0.1, 0.15) is 154 Å². The number of carbonyl (C=O) groups is 3. The Morgan fingerprint density at radius 1 is 0.808 bits per heavy atom. The number of allylic oxidation sites excluding steroid dienone is 1. The number of rotatable bonds is 12. The molecule has 0 aliphatic heterocycles. The summed E-state index contributed by atoms with van der Waals surface area (Å²) in [6.45, 7) is 20.0. The number of carboxylic acids is 1. The summed E-state index contributed by atoms with van der Waals surface area (Å²) in [6.07, 6.45) is 13.8. The van der Waals surface area contributed by atoms with E-state index in [-0.39, 0.29) is 51.9 Å². The van der Waals surface area contributed by atoms with Gasteiger partial charge in [-0.2, -0.15) is 0 Å². The highest BCUT2D eigenvalue weighted by Gasteiger charge is 2.71. The number of aliphatic carboxylic acids is 1. The maximum Gasteiger partial charge on any atom is 0.303 e. The lowest BCUT2D eigenvalue weighted by Crippen LogP contribution is -2.67. The monoisotopic (exact) mass is 717 g/mol. The van der Waals surface area contributed by atoms with Gasteiger partial charge in [-0.05, 0) is 147 Å². The zero-order valence-electron chi connectivity index (χ0n) is 33.1. The van der Waals surface area contributed by atoms with Crippen LogP contribution in [0.4, 0.5) is 0 Å². The fraction of sp³-hybridized carbons (Fsp3) is 0.756. The van der Waals surface area contributed by atoms with Crippen molar-refractivity contribution in [1.82, 2.24) is 10.6 Å². The van der Waals surface area contributed by atoms with E-state index < -0.39 is 11.4 Å². The molecule has 0 spiro atoms. The third-order valence-corrected chi connectivity index (χ3v) is 16.8. The predicted octanol–water partition coefficient (Wildman–Crippen LogP) is 9.09. The number of carboxylic acid groups (broad SMARTS) is 1. The van der Waals surface area contributed by atoms with Crippen molar-refractivity contribution in [2.24, 2.45) is 56.7 Å². The van der Waals surface area contributed by atoms with Gasteiger partial charge in [0.25, 0.3) is 5.91 Å². The van der Waals surface area contributed by atoms with Crippen LogP contribution in [0.3, 0.4) is 0 Å². The van der Waals surface area contributed by atoms with Gasteiger partial charge in [0.2, 0.25) is 5.91 Å². The average molecular weight is 717 g/mol. The van der Waals surface area contributed by atoms with Crippen molar-refractivity contribution < 1.29 is 24.6 Å². The second-order valence-electron chi connectivity index (χ2n) is 19.4. The van der Waals surface area contributed by atoms with Gasteiger partial charge in [-0.15, -0.1) is 0 Å². The minimum absolute atomic E-state index is 0.0633. The van der Waals surface area contributed by atoms with Gasteiger partial charge in [0, 0.05) is 25.1 Å². The molecular weight excluding hydrogens is 649 g/mol. The van der Waals surface area contributed by atoms with Crippen LogP contribution < -0.4 is 10.6 Å². The van der Waals surface area contributed by atoms with Crippen LogP contribution in [0.2, 0.25) is 0 Å². The minimum Gasteiger partial charge on any atom is -0.481 e. The van der Waals surface area contributed by atoms with Crippen LogP contribution in [-0.2, 0) is 16.1 Å². The van der Waals surface area contributed by atoms with Crippen molar-refractivity contribution in [3.8, 4) is 0 Å². The lowest BCUT2D eigenvalue weighted by atomic mass is 9.32. The molecule has 52 heavy (non-hydrogen) atoms. The number of aliphatic hydroxyl groups is 1. The van der Waals surface area contributed by atoms with Gasteiger partial charge < -0.3 is 20.8 Å². The fourth-order valence-electron chi connectivity index (χ4n) is 13.8. The Balaban J connectivity index is 1.18. The normalized spacial score (nSPS) is 38.9. The number of aliphatic hydroxyl groups excluding tert-OH is 1. The largest absolute Gasteiger partial charge is 0.481 e. The molecule has 7 heteroatoms. The molecule has 1 aromatic rings. The minimum atomic E-state index is -0.766. The van der Waals surface area contributed by atoms with Gasteiger partial charge in [-0.25, -0.2) is 0 Å². The van der Waals surface area contributed by atoms with E-state index in [1.165, 1.54) is 24.8 Å². The first kappa shape index (κ1) is 39.0. The summed E-state index contributed by atoms with van der Waals surface area (Å²) in [7, 11) is 0. The van der Waals surface area contributed by atoms with Gasteiger partial charge >= 0.3 is 5.97 Å². The van der Waals surface area contributed by atoms with E-state index in [0.29, 0.717) is 48.7 Å². The van der Waals surface area contributed by atoms with Crippen LogP contribution in [0.25, 0.3) is 0 Å². The molecule has 0 saturated heterocycles. The molecule has 2 amide bonds. The predicted molar refractivity (Wildman–Crippen MR) is 206 cm³/mol. The summed E-state index contributed by atoms with van der Waals surface area (Å²) in [6, 6.07) is 7.59. The fourth-order valence-corrected chi connectivity index (χ4v) is 13.8. The Morgan fingerprint density at radius 2 is 1.54 bits per heavy atom. The van der Waals surface area contributed by atoms with Gasteiger partial charge in [0.15, 0.2) is 0 Å². The summed E-state index contributed by atoms with van der Waals surface area (Å²) in [5, 5.41) is 26.4. The molecule has 0 aromatic heterocycles. The van der Waals surface area contributed by atoms with Crippen molar-refractivity contribution >= 4 is 17.8 Å². The molecule has 1 aromatic carbocycles. The molecule has 5 saturated carbocycles. The van der Waals surface area contributed by atoms with Crippen LogP contribution in [0.5, 0.6) is 0 Å². The highest BCUT2D eigenvalue weighted by atomic mass is 16.4. The standard InChI is InChI=1S/C45H68N2O5/c1-29(2)31-19-24-45(40(52)47-28-30-14-11-12-15-32(30)39(51)46-27-13-9-8-10-16-37(49)50)26-25-43(6)33(38(31)45)17-18-35-42(5)22-21-36(48)41(3,4)34(42)20-23-44(35,43)7/h11-12,14-15,31,33-36,38,48H,1,8-10,13,16-28H2,2-7H3,(H,46,51)(H,47,52)(H,49,50)/t31-,33+,34?,35?,36-,38?,42-,43+,44+,45-/m0/s1. The summed E-state index contributed by atoms with van der Waals surface area (Å²) in [5.41, 5.74) is 2.71. The molecule has 0 heterocycles. The molecule has 0 radical (unpaired) electrons. The molecule has 3 unspecified atom stereocenters. The number of amides is 2. The third kappa shape index (κ3) is 6.37. The zero-order valence-corrected chi connectivity index (χ0v) is 33.1. The summed E-state index contributed by atoms with van der Waals surface area (Å²) >= 11 is 0. The smallest absolute Gasteiger partial charge is 0.303 e. The van der Waals surface area contributed by atoms with E-state index in [1.54, 1.807) is 0 Å². The number of nitrogens with one attached hydrogen (secondary N) is 2. The van der Waals surface area contributed by atoms with E-state index in [1.807, 2.05) is 24.3 Å². The quantitative estimate of drug-likeness (QED) is 0.127. The topological polar surface area (TPSA) is 116 Å². The second-order valence-corrected chi connectivity index (χ2v) is 19.4. The van der Waals surface area contributed by atoms with E-state index in [4.69, 9.17) is 5.11 Å². The van der Waals surface area contributed by atoms with Gasteiger partial charge in [-0.3, -0.25) is 14.4 Å². The van der Waals surface area contributed by atoms with E-state index in [2.05, 4.69) is 58.8 Å². The molecule has 5 fully saturated rings. The average Bonchev–Trinajstić information content (AvgIpc) is 3.50. The SMILES string of the molecule is C=C(C)[C@@H]1CC[C@]2(C(=O)NCc3ccccc3C(=O)NCCCCCCC(=O)O)CC[C@]3(C)[C@H](CCC4[C@@]5(C)CC[C@H](O)C(C)(C)C5CC[C@]43C)C12. The number of hydrogen-bond donors (Lipinski definition) is 4. The molecule has 4 N–H and O–H groups in total. The van der Waals surface area contributed by atoms with Gasteiger partial charge in [0.05, 0.1) is 11.5 Å². The van der Waals surface area contributed by atoms with Crippen molar-refractivity contribution in [2.75, 3.05) is 6.54 Å². The maximum absolute atomic E-state index is 14.7. The summed E-state index contributed by atoms with van der Waals surface area (Å²) < 4.78 is 0. The van der Waals surface area contributed by atoms with Crippen molar-refractivity contribution in [1.29, 1.82) is 0 Å². The van der Waals surface area contributed by atoms with Crippen molar-refractivity contribution in [2.45, 2.75) is 151 Å². The molecular formula is C45H68N2O5. The highest BCUT2D eigenvalue weighted by Crippen LogP contribution is 2.77. The summed E-state index contributed by atoms with van der Waals surface area (Å²) in [5.74, 6) is 1.49. The molecule has 10 atom stereocenters. The lowest BCUT2D eigenvalue weighted by Gasteiger charge is -2.72. The Morgan fingerprint density at radius 3 is 2.27 bits per heavy atom. The second kappa shape index (κ2) is 14.5. The Labute approximate surface area is 313 Å². The first-order chi connectivity index (χ1) is 24.5. The number of fused-ring (bicyclic) bond motifs is 7. The molecule has 288 valence electrons. The third-order valence-electron chi connectivity index (χ3n) is 16.8. The molecule has 5 aliphatic carbocycles. The molecule has 6 rings (SSSR count). The lowest BCUT2D eigenvalue weighted by molar-refractivity contribution is -0.246. The van der Waals surface area contributed by atoms with Gasteiger partial charge in [-0.1, -0.05) is 77.8 Å². The Hall–Kier alpha value is -2.67. The van der Waals surface area contributed by atoms with Crippen molar-refractivity contribution in [3.63, 3.8) is 0 Å². The summed E-state index contributed by atoms with van der Waals surface area (Å²) in [4.78, 5) is 38.8. The molecule has 5 aliphatic rings. The van der Waals surface area contributed by atoms with Crippen molar-refractivity contribution in [3.05, 3.63) is 47.5 Å². The maximum atomic E-state index is 14.7. The van der Waals surface area contributed by atoms with Crippen LogP contribution >= 0.6 is 0 Å². The van der Waals surface area contributed by atoms with Crippen LogP contribution in [0.15, 0.2) is 36.4 Å². The first-order valence-electron chi connectivity index (χ1n) is 20.7.